The summed E-state index contributed by atoms with van der Waals surface area (Å²) in [6.45, 7) is 1.83. The van der Waals surface area contributed by atoms with E-state index < -0.39 is 15.6 Å². The van der Waals surface area contributed by atoms with Gasteiger partial charge < -0.3 is 4.57 Å². The van der Waals surface area contributed by atoms with Crippen LogP contribution >= 0.6 is 23.2 Å². The van der Waals surface area contributed by atoms with Crippen molar-refractivity contribution in [3.8, 4) is 0 Å². The minimum Gasteiger partial charge on any atom is -0.339 e. The van der Waals surface area contributed by atoms with Gasteiger partial charge in [0.1, 0.15) is 0 Å². The zero-order valence-corrected chi connectivity index (χ0v) is 12.0. The fourth-order valence-corrected chi connectivity index (χ4v) is 3.63. The van der Waals surface area contributed by atoms with Gasteiger partial charge in [-0.1, -0.05) is 6.92 Å². The quantitative estimate of drug-likeness (QED) is 0.806. The maximum atomic E-state index is 12.0. The van der Waals surface area contributed by atoms with Crippen LogP contribution in [0.1, 0.15) is 13.3 Å². The molecule has 1 N–H and O–H groups in total. The van der Waals surface area contributed by atoms with Gasteiger partial charge in [0.2, 0.25) is 0 Å². The lowest BCUT2D eigenvalue weighted by atomic mass is 10.0. The number of aryl methyl sites for hydroxylation is 1. The topological polar surface area (TPSA) is 64.0 Å². The number of hydrogen-bond donors (Lipinski definition) is 1. The molecule has 0 radical (unpaired) electrons. The minimum absolute atomic E-state index is 0.0342. The molecule has 1 aromatic rings. The molecule has 1 aromatic heterocycles. The molecule has 1 heterocycles. The summed E-state index contributed by atoms with van der Waals surface area (Å²) in [6.07, 6.45) is 3.35. The van der Waals surface area contributed by atoms with Crippen molar-refractivity contribution in [2.45, 2.75) is 23.9 Å². The number of alkyl halides is 2. The molecule has 0 bridgehead atoms. The molecule has 0 aliphatic carbocycles. The lowest BCUT2D eigenvalue weighted by Crippen LogP contribution is -2.51. The number of nitrogens with one attached hydrogen (secondary N) is 1. The number of aromatic nitrogens is 2. The third-order valence-corrected chi connectivity index (χ3v) is 4.98. The van der Waals surface area contributed by atoms with Crippen LogP contribution in [-0.4, -0.2) is 35.3 Å². The van der Waals surface area contributed by atoms with E-state index in [1.807, 2.05) is 6.92 Å². The average Bonchev–Trinajstić information content (AvgIpc) is 2.74. The standard InChI is InChI=1S/C9H15Cl2N3O2S/c1-3-9(5-10,6-11)13-17(15,16)8-4-14(2)7-12-8/h4,7,13H,3,5-6H2,1-2H3. The highest BCUT2D eigenvalue weighted by molar-refractivity contribution is 7.89. The van der Waals surface area contributed by atoms with E-state index in [0.717, 1.165) is 0 Å². The highest BCUT2D eigenvalue weighted by Gasteiger charge is 2.33. The van der Waals surface area contributed by atoms with E-state index in [0.29, 0.717) is 6.42 Å². The number of halogens is 2. The normalized spacial score (nSPS) is 12.9. The van der Waals surface area contributed by atoms with Gasteiger partial charge in [0, 0.05) is 25.0 Å². The fraction of sp³-hybridized carbons (Fsp3) is 0.667. The highest BCUT2D eigenvalue weighted by Crippen LogP contribution is 2.18. The first-order chi connectivity index (χ1) is 7.89. The van der Waals surface area contributed by atoms with Crippen LogP contribution in [0, 0.1) is 0 Å². The molecule has 17 heavy (non-hydrogen) atoms. The number of nitrogens with zero attached hydrogens (tertiary/aromatic N) is 2. The van der Waals surface area contributed by atoms with Crippen molar-refractivity contribution in [1.29, 1.82) is 0 Å². The van der Waals surface area contributed by atoms with Crippen LogP contribution in [0.4, 0.5) is 0 Å². The van der Waals surface area contributed by atoms with Crippen LogP contribution in [0.25, 0.3) is 0 Å². The van der Waals surface area contributed by atoms with Crippen molar-refractivity contribution in [2.75, 3.05) is 11.8 Å². The highest BCUT2D eigenvalue weighted by atomic mass is 35.5. The van der Waals surface area contributed by atoms with E-state index in [9.17, 15) is 8.42 Å². The van der Waals surface area contributed by atoms with E-state index in [1.54, 1.807) is 11.6 Å². The first-order valence-electron chi connectivity index (χ1n) is 5.03. The van der Waals surface area contributed by atoms with Gasteiger partial charge in [-0.25, -0.2) is 18.1 Å². The van der Waals surface area contributed by atoms with Gasteiger partial charge in [0.25, 0.3) is 10.0 Å². The molecule has 0 saturated carbocycles. The summed E-state index contributed by atoms with van der Waals surface area (Å²) in [4.78, 5) is 3.80. The Hall–Kier alpha value is -0.300. The van der Waals surface area contributed by atoms with E-state index in [4.69, 9.17) is 23.2 Å². The third-order valence-electron chi connectivity index (χ3n) is 2.50. The summed E-state index contributed by atoms with van der Waals surface area (Å²) >= 11 is 11.6. The van der Waals surface area contributed by atoms with Crippen molar-refractivity contribution in [3.63, 3.8) is 0 Å². The van der Waals surface area contributed by atoms with Crippen molar-refractivity contribution < 1.29 is 8.42 Å². The molecular formula is C9H15Cl2N3O2S. The largest absolute Gasteiger partial charge is 0.339 e. The second-order valence-corrected chi connectivity index (χ2v) is 6.05. The van der Waals surface area contributed by atoms with Gasteiger partial charge in [0.05, 0.1) is 11.9 Å². The summed E-state index contributed by atoms with van der Waals surface area (Å²) in [6, 6.07) is 0. The Morgan fingerprint density at radius 3 is 2.41 bits per heavy atom. The Balaban J connectivity index is 3.00. The molecule has 0 aromatic carbocycles. The van der Waals surface area contributed by atoms with Gasteiger partial charge in [-0.2, -0.15) is 0 Å². The molecule has 8 heteroatoms. The van der Waals surface area contributed by atoms with E-state index in [2.05, 4.69) is 9.71 Å². The first-order valence-corrected chi connectivity index (χ1v) is 7.58. The van der Waals surface area contributed by atoms with E-state index >= 15 is 0 Å². The fourth-order valence-electron chi connectivity index (χ4n) is 1.22. The summed E-state index contributed by atoms with van der Waals surface area (Å²) in [5.41, 5.74) is -0.834. The zero-order chi connectivity index (χ0) is 13.1. The molecule has 98 valence electrons. The molecule has 0 amide bonds. The number of sulfonamides is 1. The molecule has 5 nitrogen and oxygen atoms in total. The first kappa shape index (κ1) is 14.8. The molecule has 0 aliphatic rings. The number of imidazole rings is 1. The minimum atomic E-state index is -3.68. The smallest absolute Gasteiger partial charge is 0.260 e. The van der Waals surface area contributed by atoms with Gasteiger partial charge >= 0.3 is 0 Å². The van der Waals surface area contributed by atoms with Crippen molar-refractivity contribution in [1.82, 2.24) is 14.3 Å². The summed E-state index contributed by atoms with van der Waals surface area (Å²) in [7, 11) is -1.99. The molecular weight excluding hydrogens is 285 g/mol. The molecule has 0 unspecified atom stereocenters. The van der Waals surface area contributed by atoms with Crippen LogP contribution in [0.5, 0.6) is 0 Å². The van der Waals surface area contributed by atoms with Crippen LogP contribution in [0.3, 0.4) is 0 Å². The third kappa shape index (κ3) is 3.34. The maximum absolute atomic E-state index is 12.0. The Morgan fingerprint density at radius 2 is 2.06 bits per heavy atom. The second-order valence-electron chi connectivity index (χ2n) is 3.88. The van der Waals surface area contributed by atoms with E-state index in [1.165, 1.54) is 12.5 Å². The lowest BCUT2D eigenvalue weighted by Gasteiger charge is -2.28. The SMILES string of the molecule is CCC(CCl)(CCl)NS(=O)(=O)c1cn(C)cn1. The maximum Gasteiger partial charge on any atom is 0.260 e. The Kier molecular flexibility index (Phi) is 4.83. The van der Waals surface area contributed by atoms with Crippen molar-refractivity contribution in [2.24, 2.45) is 7.05 Å². The van der Waals surface area contributed by atoms with Crippen LogP contribution in [0.2, 0.25) is 0 Å². The zero-order valence-electron chi connectivity index (χ0n) is 9.65. The van der Waals surface area contributed by atoms with Gasteiger partial charge in [-0.3, -0.25) is 0 Å². The lowest BCUT2D eigenvalue weighted by molar-refractivity contribution is 0.448. The van der Waals surface area contributed by atoms with Crippen molar-refractivity contribution >= 4 is 33.2 Å². The predicted molar refractivity (Wildman–Crippen MR) is 68.0 cm³/mol. The van der Waals surface area contributed by atoms with Crippen molar-refractivity contribution in [3.05, 3.63) is 12.5 Å². The molecule has 0 aliphatic heterocycles. The molecule has 0 spiro atoms. The van der Waals surface area contributed by atoms with Gasteiger partial charge in [-0.05, 0) is 6.42 Å². The monoisotopic (exact) mass is 299 g/mol. The molecule has 0 atom stereocenters. The summed E-state index contributed by atoms with van der Waals surface area (Å²) in [5.74, 6) is 0.220. The number of hydrogen-bond acceptors (Lipinski definition) is 3. The molecule has 0 fully saturated rings. The summed E-state index contributed by atoms with van der Waals surface area (Å²) in [5, 5.41) is -0.0342. The second kappa shape index (κ2) is 5.56. The Labute approximate surface area is 111 Å². The molecule has 1 rings (SSSR count). The van der Waals surface area contributed by atoms with Crippen LogP contribution in [-0.2, 0) is 17.1 Å². The molecule has 0 saturated heterocycles. The van der Waals surface area contributed by atoms with Crippen LogP contribution in [0.15, 0.2) is 17.6 Å². The number of rotatable bonds is 6. The van der Waals surface area contributed by atoms with E-state index in [-0.39, 0.29) is 16.8 Å². The van der Waals surface area contributed by atoms with Gasteiger partial charge in [-0.15, -0.1) is 23.2 Å². The van der Waals surface area contributed by atoms with Gasteiger partial charge in [0.15, 0.2) is 5.03 Å². The Morgan fingerprint density at radius 1 is 1.47 bits per heavy atom. The summed E-state index contributed by atoms with van der Waals surface area (Å²) < 4.78 is 28.1. The van der Waals surface area contributed by atoms with Crippen LogP contribution < -0.4 is 4.72 Å². The average molecular weight is 300 g/mol. The Bertz CT molecular complexity index is 460. The predicted octanol–water partition coefficient (Wildman–Crippen LogP) is 1.32.